The molecule has 2 N–H and O–H groups in total. The van der Waals surface area contributed by atoms with Crippen molar-refractivity contribution in [2.75, 3.05) is 26.2 Å². The van der Waals surface area contributed by atoms with Gasteiger partial charge < -0.3 is 14.6 Å². The molecule has 3 rings (SSSR count). The van der Waals surface area contributed by atoms with Gasteiger partial charge in [-0.25, -0.2) is 9.78 Å². The third-order valence-electron chi connectivity index (χ3n) is 3.84. The second kappa shape index (κ2) is 6.19. The zero-order valence-corrected chi connectivity index (χ0v) is 12.8. The van der Waals surface area contributed by atoms with Gasteiger partial charge in [0, 0.05) is 11.9 Å². The van der Waals surface area contributed by atoms with Gasteiger partial charge >= 0.3 is 5.69 Å². The van der Waals surface area contributed by atoms with Crippen LogP contribution in [-0.2, 0) is 0 Å². The highest BCUT2D eigenvalue weighted by molar-refractivity contribution is 5.89. The molecule has 22 heavy (non-hydrogen) atoms. The lowest BCUT2D eigenvalue weighted by Gasteiger charge is -2.18. The van der Waals surface area contributed by atoms with E-state index in [0.717, 1.165) is 36.3 Å². The smallest absolute Gasteiger partial charge is 0.325 e. The third kappa shape index (κ3) is 2.96. The number of hydrogen-bond donors (Lipinski definition) is 2. The van der Waals surface area contributed by atoms with Crippen molar-refractivity contribution >= 4 is 22.1 Å². The number of pyridine rings is 1. The molecule has 1 aromatic carbocycles. The number of rotatable bonds is 6. The summed E-state index contributed by atoms with van der Waals surface area (Å²) in [7, 11) is 0. The van der Waals surface area contributed by atoms with Crippen molar-refractivity contribution in [2.24, 2.45) is 0 Å². The summed E-state index contributed by atoms with van der Waals surface area (Å²) < 4.78 is 5.82. The van der Waals surface area contributed by atoms with E-state index in [1.807, 2.05) is 24.3 Å². The van der Waals surface area contributed by atoms with Crippen LogP contribution < -0.4 is 10.4 Å². The van der Waals surface area contributed by atoms with Crippen LogP contribution in [0.3, 0.4) is 0 Å². The average molecular weight is 300 g/mol. The summed E-state index contributed by atoms with van der Waals surface area (Å²) in [5.41, 5.74) is 1.87. The minimum atomic E-state index is -0.242. The maximum Gasteiger partial charge on any atom is 0.325 e. The van der Waals surface area contributed by atoms with E-state index in [1.165, 1.54) is 0 Å². The van der Waals surface area contributed by atoms with Crippen LogP contribution in [0.15, 0.2) is 29.1 Å². The van der Waals surface area contributed by atoms with Crippen molar-refractivity contribution in [1.82, 2.24) is 19.9 Å². The van der Waals surface area contributed by atoms with Gasteiger partial charge in [-0.3, -0.25) is 4.98 Å². The van der Waals surface area contributed by atoms with Crippen molar-refractivity contribution in [3.8, 4) is 5.75 Å². The Balaban J connectivity index is 1.79. The van der Waals surface area contributed by atoms with Gasteiger partial charge in [-0.05, 0) is 37.4 Å². The van der Waals surface area contributed by atoms with E-state index in [2.05, 4.69) is 33.7 Å². The Morgan fingerprint density at radius 1 is 1.18 bits per heavy atom. The normalized spacial score (nSPS) is 11.6. The Bertz CT molecular complexity index is 833. The highest BCUT2D eigenvalue weighted by Crippen LogP contribution is 2.21. The number of benzene rings is 1. The number of aromatic nitrogens is 3. The van der Waals surface area contributed by atoms with E-state index in [9.17, 15) is 4.79 Å². The molecule has 2 aromatic heterocycles. The van der Waals surface area contributed by atoms with Crippen LogP contribution in [0.5, 0.6) is 5.75 Å². The Labute approximate surface area is 128 Å². The molecule has 116 valence electrons. The first kappa shape index (κ1) is 14.6. The molecule has 2 heterocycles. The zero-order chi connectivity index (χ0) is 15.5. The highest BCUT2D eigenvalue weighted by Gasteiger charge is 2.05. The topological polar surface area (TPSA) is 74.0 Å². The van der Waals surface area contributed by atoms with E-state index in [0.29, 0.717) is 17.8 Å². The number of H-pyrrole nitrogens is 2. The van der Waals surface area contributed by atoms with Gasteiger partial charge in [0.2, 0.25) is 0 Å². The van der Waals surface area contributed by atoms with Crippen LogP contribution in [0.2, 0.25) is 0 Å². The maximum absolute atomic E-state index is 11.3. The number of likely N-dealkylation sites (N-methyl/N-ethyl adjacent to an activating group) is 1. The first-order chi connectivity index (χ1) is 10.7. The molecule has 0 radical (unpaired) electrons. The van der Waals surface area contributed by atoms with Crippen molar-refractivity contribution in [3.63, 3.8) is 0 Å². The fraction of sp³-hybridized carbons (Fsp3) is 0.375. The Morgan fingerprint density at radius 2 is 2.00 bits per heavy atom. The summed E-state index contributed by atoms with van der Waals surface area (Å²) in [6, 6.07) is 7.68. The molecular weight excluding hydrogens is 280 g/mol. The fourth-order valence-corrected chi connectivity index (χ4v) is 2.53. The Hall–Kier alpha value is -2.34. The number of nitrogens with zero attached hydrogens (tertiary/aromatic N) is 2. The van der Waals surface area contributed by atoms with Gasteiger partial charge in [0.1, 0.15) is 12.4 Å². The van der Waals surface area contributed by atoms with Crippen LogP contribution in [0.4, 0.5) is 0 Å². The second-order valence-corrected chi connectivity index (χ2v) is 5.19. The van der Waals surface area contributed by atoms with E-state index < -0.39 is 0 Å². The lowest BCUT2D eigenvalue weighted by atomic mass is 10.2. The summed E-state index contributed by atoms with van der Waals surface area (Å²) in [4.78, 5) is 23.4. The van der Waals surface area contributed by atoms with E-state index >= 15 is 0 Å². The number of aromatic amines is 2. The van der Waals surface area contributed by atoms with Crippen molar-refractivity contribution in [1.29, 1.82) is 0 Å². The first-order valence-electron chi connectivity index (χ1n) is 7.57. The number of nitrogens with one attached hydrogen (secondary N) is 2. The van der Waals surface area contributed by atoms with E-state index in [1.54, 1.807) is 0 Å². The van der Waals surface area contributed by atoms with Gasteiger partial charge in [-0.15, -0.1) is 0 Å². The lowest BCUT2D eigenvalue weighted by Crippen LogP contribution is -2.27. The number of ether oxygens (including phenoxy) is 1. The molecule has 0 aliphatic heterocycles. The molecule has 0 atom stereocenters. The predicted molar refractivity (Wildman–Crippen MR) is 87.5 cm³/mol. The lowest BCUT2D eigenvalue weighted by molar-refractivity contribution is 0.223. The van der Waals surface area contributed by atoms with Gasteiger partial charge in [0.25, 0.3) is 0 Å². The molecular formula is C16H20N4O2. The molecule has 6 heteroatoms. The van der Waals surface area contributed by atoms with Gasteiger partial charge in [0.15, 0.2) is 5.65 Å². The Kier molecular flexibility index (Phi) is 4.11. The molecule has 3 aromatic rings. The summed E-state index contributed by atoms with van der Waals surface area (Å²) in [6.45, 7) is 7.92. The fourth-order valence-electron chi connectivity index (χ4n) is 2.53. The van der Waals surface area contributed by atoms with E-state index in [4.69, 9.17) is 4.74 Å². The van der Waals surface area contributed by atoms with Crippen LogP contribution in [0.25, 0.3) is 22.1 Å². The zero-order valence-electron chi connectivity index (χ0n) is 12.8. The molecule has 0 aliphatic carbocycles. The van der Waals surface area contributed by atoms with Crippen molar-refractivity contribution in [3.05, 3.63) is 34.7 Å². The standard InChI is InChI=1S/C16H20N4O2/c1-3-20(4-2)7-8-22-12-5-6-13-11(9-12)10-14-15(17-13)19-16(21)18-14/h5-6,9-10H,3-4,7-8H2,1-2H3,(H2,17,18,19,21). The maximum atomic E-state index is 11.3. The SMILES string of the molecule is CCN(CC)CCOc1ccc2nc3[nH]c(=O)[nH]c3cc2c1. The summed E-state index contributed by atoms with van der Waals surface area (Å²) in [5.74, 6) is 0.818. The molecule has 0 saturated heterocycles. The third-order valence-corrected chi connectivity index (χ3v) is 3.84. The largest absolute Gasteiger partial charge is 0.492 e. The minimum absolute atomic E-state index is 0.242. The van der Waals surface area contributed by atoms with Crippen LogP contribution in [0, 0.1) is 0 Å². The summed E-state index contributed by atoms with van der Waals surface area (Å²) in [6.07, 6.45) is 0. The van der Waals surface area contributed by atoms with Gasteiger partial charge in [0.05, 0.1) is 11.0 Å². The number of fused-ring (bicyclic) bond motifs is 2. The van der Waals surface area contributed by atoms with Gasteiger partial charge in [-0.1, -0.05) is 13.8 Å². The highest BCUT2D eigenvalue weighted by atomic mass is 16.5. The summed E-state index contributed by atoms with van der Waals surface area (Å²) in [5, 5.41) is 0.947. The first-order valence-corrected chi connectivity index (χ1v) is 7.57. The number of imidazole rings is 1. The number of hydrogen-bond acceptors (Lipinski definition) is 4. The Morgan fingerprint density at radius 3 is 2.77 bits per heavy atom. The van der Waals surface area contributed by atoms with Crippen LogP contribution in [-0.4, -0.2) is 46.1 Å². The second-order valence-electron chi connectivity index (χ2n) is 5.19. The molecule has 0 unspecified atom stereocenters. The van der Waals surface area contributed by atoms with E-state index in [-0.39, 0.29) is 5.69 Å². The van der Waals surface area contributed by atoms with Crippen LogP contribution in [0.1, 0.15) is 13.8 Å². The van der Waals surface area contributed by atoms with Gasteiger partial charge in [-0.2, -0.15) is 0 Å². The molecule has 0 saturated carbocycles. The predicted octanol–water partition coefficient (Wildman–Crippen LogP) is 2.12. The molecule has 0 amide bonds. The quantitative estimate of drug-likeness (QED) is 0.731. The molecule has 0 spiro atoms. The molecule has 6 nitrogen and oxygen atoms in total. The average Bonchev–Trinajstić information content (AvgIpc) is 2.88. The minimum Gasteiger partial charge on any atom is -0.492 e. The molecule has 0 bridgehead atoms. The monoisotopic (exact) mass is 300 g/mol. The molecule has 0 fully saturated rings. The van der Waals surface area contributed by atoms with Crippen LogP contribution >= 0.6 is 0 Å². The van der Waals surface area contributed by atoms with Crippen molar-refractivity contribution in [2.45, 2.75) is 13.8 Å². The molecule has 0 aliphatic rings. The summed E-state index contributed by atoms with van der Waals surface area (Å²) >= 11 is 0. The van der Waals surface area contributed by atoms with Crippen molar-refractivity contribution < 1.29 is 4.74 Å².